The maximum atomic E-state index is 14.6. The Balaban J connectivity index is 1.73. The summed E-state index contributed by atoms with van der Waals surface area (Å²) in [5.41, 5.74) is 0.974. The van der Waals surface area contributed by atoms with Gasteiger partial charge in [0.05, 0.1) is 18.7 Å². The Bertz CT molecular complexity index is 959. The first-order valence-corrected chi connectivity index (χ1v) is 8.75. The van der Waals surface area contributed by atoms with Crippen molar-refractivity contribution >= 4 is 28.5 Å². The van der Waals surface area contributed by atoms with E-state index in [9.17, 15) is 13.6 Å². The number of nitrogens with one attached hydrogen (secondary N) is 1. The maximum absolute atomic E-state index is 14.6. The zero-order valence-corrected chi connectivity index (χ0v) is 15.5. The molecule has 6 nitrogen and oxygen atoms in total. The highest BCUT2D eigenvalue weighted by Gasteiger charge is 2.31. The van der Waals surface area contributed by atoms with Crippen molar-refractivity contribution in [3.8, 4) is 0 Å². The van der Waals surface area contributed by atoms with Crippen LogP contribution in [0.15, 0.2) is 54.9 Å². The third kappa shape index (κ3) is 4.16. The van der Waals surface area contributed by atoms with Crippen LogP contribution in [0.2, 0.25) is 0 Å². The minimum absolute atomic E-state index is 0.167. The van der Waals surface area contributed by atoms with Crippen LogP contribution in [0, 0.1) is 0 Å². The van der Waals surface area contributed by atoms with Crippen LogP contribution in [-0.4, -0.2) is 36.3 Å². The van der Waals surface area contributed by atoms with Crippen LogP contribution in [0.5, 0.6) is 0 Å². The third-order valence-corrected chi connectivity index (χ3v) is 4.24. The Labute approximate surface area is 161 Å². The van der Waals surface area contributed by atoms with E-state index in [1.165, 1.54) is 42.5 Å². The number of alkyl halides is 2. The zero-order chi connectivity index (χ0) is 20.1. The normalized spacial score (nSPS) is 11.3. The Morgan fingerprint density at radius 2 is 1.86 bits per heavy atom. The second-order valence-corrected chi connectivity index (χ2v) is 6.10. The Morgan fingerprint density at radius 3 is 2.57 bits per heavy atom. The summed E-state index contributed by atoms with van der Waals surface area (Å²) >= 11 is 0. The number of para-hydroxylation sites is 1. The molecule has 0 atom stereocenters. The molecule has 0 aliphatic heterocycles. The number of amides is 1. The number of anilines is 2. The highest BCUT2D eigenvalue weighted by molar-refractivity contribution is 5.88. The van der Waals surface area contributed by atoms with E-state index in [-0.39, 0.29) is 12.2 Å². The van der Waals surface area contributed by atoms with Crippen molar-refractivity contribution < 1.29 is 18.3 Å². The van der Waals surface area contributed by atoms with Gasteiger partial charge >= 0.3 is 6.09 Å². The molecule has 3 aromatic rings. The number of carbonyl (C=O) groups is 1. The van der Waals surface area contributed by atoms with Gasteiger partial charge in [-0.1, -0.05) is 24.3 Å². The average molecular weight is 386 g/mol. The van der Waals surface area contributed by atoms with Gasteiger partial charge in [-0.15, -0.1) is 0 Å². The van der Waals surface area contributed by atoms with Crippen molar-refractivity contribution in [1.82, 2.24) is 9.97 Å². The molecule has 0 bridgehead atoms. The van der Waals surface area contributed by atoms with Gasteiger partial charge in [-0.3, -0.25) is 4.90 Å². The molecule has 2 aromatic carbocycles. The van der Waals surface area contributed by atoms with E-state index in [2.05, 4.69) is 15.3 Å². The first kappa shape index (κ1) is 19.5. The van der Waals surface area contributed by atoms with Crippen molar-refractivity contribution in [3.63, 3.8) is 0 Å². The first-order chi connectivity index (χ1) is 13.4. The van der Waals surface area contributed by atoms with E-state index in [0.29, 0.717) is 22.4 Å². The van der Waals surface area contributed by atoms with E-state index in [4.69, 9.17) is 4.74 Å². The highest BCUT2D eigenvalue weighted by atomic mass is 19.3. The summed E-state index contributed by atoms with van der Waals surface area (Å²) in [6.45, 7) is 1.31. The van der Waals surface area contributed by atoms with Crippen LogP contribution in [0.1, 0.15) is 12.5 Å². The minimum Gasteiger partial charge on any atom is -0.449 e. The summed E-state index contributed by atoms with van der Waals surface area (Å²) in [5.74, 6) is -2.78. The van der Waals surface area contributed by atoms with Crippen molar-refractivity contribution in [2.45, 2.75) is 12.8 Å². The SMILES string of the molecule is CCOC(=O)N(C)c1ccc(C(F)(F)CNc2ncnc3ccccc23)cc1. The number of nitrogens with zero attached hydrogens (tertiary/aromatic N) is 3. The Hall–Kier alpha value is -3.29. The summed E-state index contributed by atoms with van der Waals surface area (Å²) in [4.78, 5) is 21.2. The monoisotopic (exact) mass is 386 g/mol. The largest absolute Gasteiger partial charge is 0.449 e. The van der Waals surface area contributed by atoms with Crippen molar-refractivity contribution in [1.29, 1.82) is 0 Å². The number of hydrogen-bond donors (Lipinski definition) is 1. The van der Waals surface area contributed by atoms with Crippen LogP contribution in [0.4, 0.5) is 25.1 Å². The van der Waals surface area contributed by atoms with Crippen LogP contribution < -0.4 is 10.2 Å². The number of fused-ring (bicyclic) bond motifs is 1. The molecule has 1 heterocycles. The fraction of sp³-hybridized carbons (Fsp3) is 0.250. The summed E-state index contributed by atoms with van der Waals surface area (Å²) in [7, 11) is 1.52. The Morgan fingerprint density at radius 1 is 1.14 bits per heavy atom. The van der Waals surface area contributed by atoms with Gasteiger partial charge in [0.1, 0.15) is 12.1 Å². The van der Waals surface area contributed by atoms with Gasteiger partial charge in [-0.2, -0.15) is 8.78 Å². The lowest BCUT2D eigenvalue weighted by Gasteiger charge is -2.20. The van der Waals surface area contributed by atoms with Gasteiger partial charge < -0.3 is 10.1 Å². The summed E-state index contributed by atoms with van der Waals surface area (Å²) in [6.07, 6.45) is 0.794. The fourth-order valence-corrected chi connectivity index (χ4v) is 2.70. The lowest BCUT2D eigenvalue weighted by atomic mass is 10.1. The van der Waals surface area contributed by atoms with Gasteiger partial charge in [0.15, 0.2) is 0 Å². The van der Waals surface area contributed by atoms with Crippen LogP contribution in [0.25, 0.3) is 10.9 Å². The van der Waals surface area contributed by atoms with Crippen molar-refractivity contribution in [2.75, 3.05) is 30.4 Å². The summed E-state index contributed by atoms with van der Waals surface area (Å²) < 4.78 is 34.2. The number of aromatic nitrogens is 2. The minimum atomic E-state index is -3.13. The molecule has 0 saturated carbocycles. The number of halogens is 2. The van der Waals surface area contributed by atoms with E-state index in [0.717, 1.165) is 0 Å². The number of rotatable bonds is 6. The quantitative estimate of drug-likeness (QED) is 0.679. The molecule has 28 heavy (non-hydrogen) atoms. The molecule has 0 aliphatic rings. The van der Waals surface area contributed by atoms with E-state index < -0.39 is 18.6 Å². The molecule has 0 unspecified atom stereocenters. The van der Waals surface area contributed by atoms with Crippen LogP contribution in [-0.2, 0) is 10.7 Å². The van der Waals surface area contributed by atoms with Gasteiger partial charge in [0.2, 0.25) is 0 Å². The molecule has 8 heteroatoms. The highest BCUT2D eigenvalue weighted by Crippen LogP contribution is 2.30. The molecule has 1 N–H and O–H groups in total. The second-order valence-electron chi connectivity index (χ2n) is 6.10. The average Bonchev–Trinajstić information content (AvgIpc) is 2.72. The van der Waals surface area contributed by atoms with Crippen molar-refractivity contribution in [3.05, 3.63) is 60.4 Å². The van der Waals surface area contributed by atoms with Gasteiger partial charge in [0.25, 0.3) is 5.92 Å². The molecular weight excluding hydrogens is 366 g/mol. The molecule has 1 amide bonds. The topological polar surface area (TPSA) is 67.3 Å². The molecule has 0 spiro atoms. The molecule has 146 valence electrons. The predicted molar refractivity (Wildman–Crippen MR) is 104 cm³/mol. The summed E-state index contributed by atoms with van der Waals surface area (Å²) in [6, 6.07) is 12.7. The van der Waals surface area contributed by atoms with Crippen LogP contribution >= 0.6 is 0 Å². The fourth-order valence-electron chi connectivity index (χ4n) is 2.70. The van der Waals surface area contributed by atoms with Gasteiger partial charge in [-0.25, -0.2) is 14.8 Å². The van der Waals surface area contributed by atoms with E-state index in [1.54, 1.807) is 25.1 Å². The number of carbonyl (C=O) groups excluding carboxylic acids is 1. The smallest absolute Gasteiger partial charge is 0.413 e. The maximum Gasteiger partial charge on any atom is 0.413 e. The lowest BCUT2D eigenvalue weighted by Crippen LogP contribution is -2.28. The lowest BCUT2D eigenvalue weighted by molar-refractivity contribution is 0.0106. The molecule has 0 aliphatic carbocycles. The predicted octanol–water partition coefficient (Wildman–Crippen LogP) is 4.43. The first-order valence-electron chi connectivity index (χ1n) is 8.75. The molecule has 0 radical (unpaired) electrons. The number of benzene rings is 2. The molecule has 0 fully saturated rings. The molecule has 1 aromatic heterocycles. The second kappa shape index (κ2) is 8.16. The molecular formula is C20H20F2N4O2. The van der Waals surface area contributed by atoms with E-state index >= 15 is 0 Å². The third-order valence-electron chi connectivity index (χ3n) is 4.24. The summed E-state index contributed by atoms with van der Waals surface area (Å²) in [5, 5.41) is 3.39. The van der Waals surface area contributed by atoms with Gasteiger partial charge in [0, 0.05) is 23.7 Å². The van der Waals surface area contributed by atoms with Crippen LogP contribution in [0.3, 0.4) is 0 Å². The molecule has 3 rings (SSSR count). The number of hydrogen-bond acceptors (Lipinski definition) is 5. The standard InChI is InChI=1S/C20H20F2N4O2/c1-3-28-19(27)26(2)15-10-8-14(9-11-15)20(21,22)12-23-18-16-6-4-5-7-17(16)24-13-25-18/h4-11,13H,3,12H2,1-2H3,(H,23,24,25). The van der Waals surface area contributed by atoms with E-state index in [1.807, 2.05) is 6.07 Å². The van der Waals surface area contributed by atoms with Gasteiger partial charge in [-0.05, 0) is 31.2 Å². The van der Waals surface area contributed by atoms with Crippen molar-refractivity contribution in [2.24, 2.45) is 0 Å². The molecule has 0 saturated heterocycles. The Kier molecular flexibility index (Phi) is 5.67. The number of ether oxygens (including phenoxy) is 1. The zero-order valence-electron chi connectivity index (χ0n) is 15.5.